The van der Waals surface area contributed by atoms with Crippen molar-refractivity contribution in [2.24, 2.45) is 0 Å². The Morgan fingerprint density at radius 1 is 0.821 bits per heavy atom. The number of aromatic nitrogens is 1. The van der Waals surface area contributed by atoms with Crippen LogP contribution in [0.5, 0.6) is 5.75 Å². The maximum Gasteiger partial charge on any atom is 0.336 e. The predicted molar refractivity (Wildman–Crippen MR) is 111 cm³/mol. The number of nitrogens with zero attached hydrogens (tertiary/aromatic N) is 1. The number of phenols is 1. The van der Waals surface area contributed by atoms with Gasteiger partial charge in [-0.3, -0.25) is 0 Å². The number of rotatable bonds is 3. The maximum absolute atomic E-state index is 11.9. The van der Waals surface area contributed by atoms with Crippen LogP contribution in [0.2, 0.25) is 0 Å². The van der Waals surface area contributed by atoms with Crippen LogP contribution < -0.4 is 0 Å². The van der Waals surface area contributed by atoms with Gasteiger partial charge in [0, 0.05) is 17.3 Å². The van der Waals surface area contributed by atoms with Crippen molar-refractivity contribution < 1.29 is 15.0 Å². The summed E-state index contributed by atoms with van der Waals surface area (Å²) in [6.07, 6.45) is 0. The molecule has 0 unspecified atom stereocenters. The summed E-state index contributed by atoms with van der Waals surface area (Å²) in [5, 5.41) is 23.6. The number of aromatic hydroxyl groups is 1. The lowest BCUT2D eigenvalue weighted by Crippen LogP contribution is -2.00. The molecule has 1 aromatic heterocycles. The zero-order chi connectivity index (χ0) is 19.3. The molecule has 4 aromatic carbocycles. The predicted octanol–water partition coefficient (Wildman–Crippen LogP) is 5.40. The summed E-state index contributed by atoms with van der Waals surface area (Å²) in [7, 11) is 0. The van der Waals surface area contributed by atoms with E-state index >= 15 is 0 Å². The molecular formula is C24H17NO3. The molecule has 0 aliphatic heterocycles. The van der Waals surface area contributed by atoms with Crippen molar-refractivity contribution in [1.29, 1.82) is 0 Å². The Morgan fingerprint density at radius 3 is 2.36 bits per heavy atom. The number of phenolic OH excluding ortho intramolecular Hbond substituents is 1. The van der Waals surface area contributed by atoms with Gasteiger partial charge in [0.1, 0.15) is 5.75 Å². The fourth-order valence-electron chi connectivity index (χ4n) is 4.05. The van der Waals surface area contributed by atoms with Gasteiger partial charge in [-0.25, -0.2) is 4.79 Å². The minimum atomic E-state index is -1.00. The number of carbonyl (C=O) groups is 1. The second kappa shape index (κ2) is 6.13. The van der Waals surface area contributed by atoms with Gasteiger partial charge in [-0.1, -0.05) is 60.7 Å². The third-order valence-corrected chi connectivity index (χ3v) is 5.29. The second-order valence-corrected chi connectivity index (χ2v) is 6.92. The summed E-state index contributed by atoms with van der Waals surface area (Å²) in [5.41, 5.74) is 2.92. The average Bonchev–Trinajstić information content (AvgIpc) is 3.03. The Hall–Kier alpha value is -3.79. The van der Waals surface area contributed by atoms with E-state index in [0.29, 0.717) is 22.7 Å². The Bertz CT molecular complexity index is 1370. The van der Waals surface area contributed by atoms with Crippen LogP contribution >= 0.6 is 0 Å². The first kappa shape index (κ1) is 16.4. The molecule has 0 bridgehead atoms. The van der Waals surface area contributed by atoms with E-state index in [4.69, 9.17) is 0 Å². The fourth-order valence-corrected chi connectivity index (χ4v) is 4.05. The molecule has 2 N–H and O–H groups in total. The largest absolute Gasteiger partial charge is 0.507 e. The number of hydrogen-bond donors (Lipinski definition) is 2. The van der Waals surface area contributed by atoms with Crippen molar-refractivity contribution in [3.05, 3.63) is 90.0 Å². The van der Waals surface area contributed by atoms with E-state index in [9.17, 15) is 15.0 Å². The van der Waals surface area contributed by atoms with E-state index in [-0.39, 0.29) is 11.3 Å². The highest BCUT2D eigenvalue weighted by atomic mass is 16.4. The van der Waals surface area contributed by atoms with Crippen LogP contribution in [0.1, 0.15) is 15.9 Å². The number of benzene rings is 4. The number of aromatic carboxylic acids is 1. The van der Waals surface area contributed by atoms with Gasteiger partial charge in [0.05, 0.1) is 22.0 Å². The second-order valence-electron chi connectivity index (χ2n) is 6.92. The topological polar surface area (TPSA) is 62.5 Å². The molecule has 0 aliphatic carbocycles. The lowest BCUT2D eigenvalue weighted by molar-refractivity contribution is 0.0699. The molecule has 28 heavy (non-hydrogen) atoms. The summed E-state index contributed by atoms with van der Waals surface area (Å²) in [6, 6.07) is 24.9. The van der Waals surface area contributed by atoms with E-state index < -0.39 is 5.97 Å². The van der Waals surface area contributed by atoms with Gasteiger partial charge >= 0.3 is 5.97 Å². The van der Waals surface area contributed by atoms with Gasteiger partial charge in [0.25, 0.3) is 0 Å². The first-order chi connectivity index (χ1) is 13.6. The molecule has 0 fully saturated rings. The highest BCUT2D eigenvalue weighted by molar-refractivity contribution is 6.22. The molecule has 0 radical (unpaired) electrons. The van der Waals surface area contributed by atoms with Crippen LogP contribution in [0, 0.1) is 0 Å². The fraction of sp³-hybridized carbons (Fsp3) is 0.0417. The van der Waals surface area contributed by atoms with Crippen LogP contribution in [0.4, 0.5) is 0 Å². The average molecular weight is 367 g/mol. The molecule has 0 amide bonds. The van der Waals surface area contributed by atoms with Crippen molar-refractivity contribution in [3.63, 3.8) is 0 Å². The molecule has 0 saturated heterocycles. The summed E-state index contributed by atoms with van der Waals surface area (Å²) in [4.78, 5) is 11.9. The van der Waals surface area contributed by atoms with Crippen LogP contribution in [-0.2, 0) is 6.54 Å². The smallest absolute Gasteiger partial charge is 0.336 e. The zero-order valence-corrected chi connectivity index (χ0v) is 15.0. The van der Waals surface area contributed by atoms with Crippen molar-refractivity contribution in [2.45, 2.75) is 6.54 Å². The molecule has 5 aromatic rings. The molecule has 0 spiro atoms. The first-order valence-corrected chi connectivity index (χ1v) is 9.08. The summed E-state index contributed by atoms with van der Waals surface area (Å²) in [6.45, 7) is 0.585. The standard InChI is InChI=1S/C24H17NO3/c26-23-17-10-5-4-9-16(17)13-20-22(23)21-18(24(27)28)11-6-12-19(21)25(20)14-15-7-2-1-3-8-15/h1-13,26H,14H2,(H,27,28). The molecule has 0 aliphatic rings. The van der Waals surface area contributed by atoms with E-state index in [0.717, 1.165) is 22.0 Å². The Kier molecular flexibility index (Phi) is 3.59. The maximum atomic E-state index is 11.9. The highest BCUT2D eigenvalue weighted by Crippen LogP contribution is 2.41. The van der Waals surface area contributed by atoms with Crippen molar-refractivity contribution in [1.82, 2.24) is 4.57 Å². The lowest BCUT2D eigenvalue weighted by atomic mass is 10.0. The van der Waals surface area contributed by atoms with Crippen LogP contribution in [0.15, 0.2) is 78.9 Å². The van der Waals surface area contributed by atoms with Crippen molar-refractivity contribution in [2.75, 3.05) is 0 Å². The van der Waals surface area contributed by atoms with Crippen molar-refractivity contribution >= 4 is 38.5 Å². The molecule has 5 rings (SSSR count). The molecule has 4 nitrogen and oxygen atoms in total. The highest BCUT2D eigenvalue weighted by Gasteiger charge is 2.21. The Balaban J connectivity index is 1.97. The molecule has 1 heterocycles. The van der Waals surface area contributed by atoms with Gasteiger partial charge in [-0.2, -0.15) is 0 Å². The molecule has 0 saturated carbocycles. The minimum absolute atomic E-state index is 0.124. The van der Waals surface area contributed by atoms with Gasteiger partial charge in [0.15, 0.2) is 0 Å². The van der Waals surface area contributed by atoms with Crippen LogP contribution in [-0.4, -0.2) is 20.7 Å². The van der Waals surface area contributed by atoms with E-state index in [1.807, 2.05) is 66.7 Å². The van der Waals surface area contributed by atoms with Gasteiger partial charge in [-0.05, 0) is 29.1 Å². The van der Waals surface area contributed by atoms with Crippen molar-refractivity contribution in [3.8, 4) is 5.75 Å². The normalized spacial score (nSPS) is 11.4. The minimum Gasteiger partial charge on any atom is -0.507 e. The zero-order valence-electron chi connectivity index (χ0n) is 15.0. The quantitative estimate of drug-likeness (QED) is 0.449. The van der Waals surface area contributed by atoms with Crippen LogP contribution in [0.25, 0.3) is 32.6 Å². The van der Waals surface area contributed by atoms with Gasteiger partial charge in [0.2, 0.25) is 0 Å². The number of hydrogen-bond acceptors (Lipinski definition) is 2. The summed E-state index contributed by atoms with van der Waals surface area (Å²) >= 11 is 0. The van der Waals surface area contributed by atoms with Gasteiger partial charge in [-0.15, -0.1) is 0 Å². The first-order valence-electron chi connectivity index (χ1n) is 9.08. The third-order valence-electron chi connectivity index (χ3n) is 5.29. The number of carboxylic acid groups (broad SMARTS) is 1. The SMILES string of the molecule is O=C(O)c1cccc2c1c1c(O)c3ccccc3cc1n2Cc1ccccc1. The lowest BCUT2D eigenvalue weighted by Gasteiger charge is -2.09. The molecule has 4 heteroatoms. The number of carboxylic acids is 1. The number of fused-ring (bicyclic) bond motifs is 4. The monoisotopic (exact) mass is 367 g/mol. The Labute approximate surface area is 160 Å². The summed E-state index contributed by atoms with van der Waals surface area (Å²) < 4.78 is 2.08. The molecular weight excluding hydrogens is 350 g/mol. The third kappa shape index (κ3) is 2.35. The molecule has 136 valence electrons. The van der Waals surface area contributed by atoms with E-state index in [2.05, 4.69) is 4.57 Å². The van der Waals surface area contributed by atoms with Crippen LogP contribution in [0.3, 0.4) is 0 Å². The van der Waals surface area contributed by atoms with E-state index in [1.54, 1.807) is 12.1 Å². The summed E-state index contributed by atoms with van der Waals surface area (Å²) in [5.74, 6) is -0.879. The Morgan fingerprint density at radius 2 is 1.57 bits per heavy atom. The molecule has 0 atom stereocenters. The van der Waals surface area contributed by atoms with E-state index in [1.165, 1.54) is 0 Å². The van der Waals surface area contributed by atoms with Gasteiger partial charge < -0.3 is 14.8 Å².